The number of carbonyl (C=O) groups excluding carboxylic acids is 1. The third-order valence-electron chi connectivity index (χ3n) is 5.82. The molecule has 1 fully saturated rings. The highest BCUT2D eigenvalue weighted by Gasteiger charge is 2.49. The summed E-state index contributed by atoms with van der Waals surface area (Å²) in [6, 6.07) is 0.453. The topological polar surface area (TPSA) is 73.0 Å². The van der Waals surface area contributed by atoms with Crippen LogP contribution in [0.25, 0.3) is 0 Å². The Morgan fingerprint density at radius 2 is 1.82 bits per heavy atom. The summed E-state index contributed by atoms with van der Waals surface area (Å²) in [5.74, 6) is -3.39. The van der Waals surface area contributed by atoms with Crippen LogP contribution in [0.2, 0.25) is 0 Å². The first-order valence-electron chi connectivity index (χ1n) is 10.1. The number of hydrogen-bond donors (Lipinski definition) is 0. The van der Waals surface area contributed by atoms with Crippen molar-refractivity contribution in [1.82, 2.24) is 24.2 Å². The molecule has 1 saturated heterocycles. The summed E-state index contributed by atoms with van der Waals surface area (Å²) in [4.78, 5) is 30.3. The second-order valence-electron chi connectivity index (χ2n) is 8.08. The van der Waals surface area contributed by atoms with Crippen LogP contribution in [0.3, 0.4) is 0 Å². The Morgan fingerprint density at radius 1 is 1.09 bits per heavy atom. The van der Waals surface area contributed by atoms with Crippen molar-refractivity contribution in [2.24, 2.45) is 0 Å². The van der Waals surface area contributed by atoms with Crippen molar-refractivity contribution in [2.75, 3.05) is 13.1 Å². The van der Waals surface area contributed by atoms with Crippen LogP contribution in [0.1, 0.15) is 48.3 Å². The molecule has 0 aromatic carbocycles. The Morgan fingerprint density at radius 3 is 2.36 bits per heavy atom. The summed E-state index contributed by atoms with van der Waals surface area (Å²) in [6.07, 6.45) is -10.5. The molecule has 0 N–H and O–H groups in total. The zero-order valence-electron chi connectivity index (χ0n) is 16.9. The molecule has 2 aliphatic rings. The fourth-order valence-corrected chi connectivity index (χ4v) is 4.18. The summed E-state index contributed by atoms with van der Waals surface area (Å²) in [6.45, 7) is -0.548. The molecule has 180 valence electrons. The molecule has 2 aromatic rings. The van der Waals surface area contributed by atoms with Gasteiger partial charge in [-0.2, -0.15) is 31.4 Å². The zero-order valence-corrected chi connectivity index (χ0v) is 16.9. The van der Waals surface area contributed by atoms with Gasteiger partial charge in [0, 0.05) is 12.7 Å². The molecule has 0 spiro atoms. The Kier molecular flexibility index (Phi) is 5.73. The van der Waals surface area contributed by atoms with Crippen LogP contribution in [-0.2, 0) is 17.5 Å². The van der Waals surface area contributed by atoms with Gasteiger partial charge < -0.3 is 4.90 Å². The Balaban J connectivity index is 1.69. The fourth-order valence-electron chi connectivity index (χ4n) is 4.18. The van der Waals surface area contributed by atoms with E-state index in [2.05, 4.69) is 10.1 Å². The molecule has 1 amide bonds. The second-order valence-corrected chi connectivity index (χ2v) is 8.08. The van der Waals surface area contributed by atoms with Crippen LogP contribution < -0.4 is 5.69 Å². The normalized spacial score (nSPS) is 23.6. The van der Waals surface area contributed by atoms with E-state index in [1.807, 2.05) is 0 Å². The van der Waals surface area contributed by atoms with Gasteiger partial charge in [-0.25, -0.2) is 13.9 Å². The lowest BCUT2D eigenvalue weighted by Crippen LogP contribution is -2.43. The summed E-state index contributed by atoms with van der Waals surface area (Å²) in [5.41, 5.74) is -2.07. The predicted molar refractivity (Wildman–Crippen MR) is 98.0 cm³/mol. The number of nitrogens with zero attached hydrogens (tertiary/aromatic N) is 5. The number of hydrogen-bond acceptors (Lipinski definition) is 4. The lowest BCUT2D eigenvalue weighted by molar-refractivity contribution is -0.160. The van der Waals surface area contributed by atoms with Gasteiger partial charge in [-0.05, 0) is 30.9 Å². The number of carbonyl (C=O) groups is 1. The number of amides is 1. The smallest absolute Gasteiger partial charge is 0.338 e. The van der Waals surface area contributed by atoms with Gasteiger partial charge in [0.25, 0.3) is 0 Å². The van der Waals surface area contributed by atoms with E-state index < -0.39 is 66.6 Å². The van der Waals surface area contributed by atoms with Crippen molar-refractivity contribution in [3.05, 3.63) is 45.9 Å². The van der Waals surface area contributed by atoms with Crippen molar-refractivity contribution in [3.63, 3.8) is 0 Å². The van der Waals surface area contributed by atoms with Crippen LogP contribution >= 0.6 is 0 Å². The van der Waals surface area contributed by atoms with Gasteiger partial charge in [0.15, 0.2) is 0 Å². The minimum atomic E-state index is -4.73. The first kappa shape index (κ1) is 23.2. The number of aromatic nitrogens is 4. The number of alkyl halides is 7. The minimum absolute atomic E-state index is 0.0919. The molecule has 33 heavy (non-hydrogen) atoms. The van der Waals surface area contributed by atoms with E-state index in [1.165, 1.54) is 4.90 Å². The maximum atomic E-state index is 13.6. The molecule has 0 unspecified atom stereocenters. The van der Waals surface area contributed by atoms with E-state index in [0.29, 0.717) is 15.3 Å². The van der Waals surface area contributed by atoms with E-state index in [0.717, 1.165) is 12.3 Å². The van der Waals surface area contributed by atoms with Crippen LogP contribution in [0.5, 0.6) is 0 Å². The van der Waals surface area contributed by atoms with Crippen LogP contribution in [0.4, 0.5) is 30.7 Å². The first-order valence-corrected chi connectivity index (χ1v) is 10.1. The molecule has 2 aromatic heterocycles. The standard InChI is InChI=1S/C19H18F7N5O2/c20-11-5-6-29(9-11)16(32)13-3-2-12(18(21,22)23)15-28-30(17(33)31(13)15)8-10-1-4-14(27-7-10)19(24,25)26/h1,4,7,11-13H,2-3,5-6,8-9H2/t11-,12+,13+/m0/s1. The Bertz CT molecular complexity index is 1090. The maximum absolute atomic E-state index is 13.6. The quantitative estimate of drug-likeness (QED) is 0.632. The van der Waals surface area contributed by atoms with E-state index in [4.69, 9.17) is 0 Å². The van der Waals surface area contributed by atoms with Gasteiger partial charge in [-0.15, -0.1) is 0 Å². The lowest BCUT2D eigenvalue weighted by atomic mass is 9.93. The van der Waals surface area contributed by atoms with Crippen LogP contribution in [0.15, 0.2) is 23.1 Å². The van der Waals surface area contributed by atoms with Gasteiger partial charge in [-0.3, -0.25) is 14.3 Å². The molecule has 0 radical (unpaired) electrons. The highest BCUT2D eigenvalue weighted by atomic mass is 19.4. The monoisotopic (exact) mass is 481 g/mol. The van der Waals surface area contributed by atoms with Crippen LogP contribution in [-0.4, -0.2) is 55.6 Å². The van der Waals surface area contributed by atoms with Gasteiger partial charge in [0.2, 0.25) is 5.91 Å². The highest BCUT2D eigenvalue weighted by molar-refractivity contribution is 5.81. The summed E-state index contributed by atoms with van der Waals surface area (Å²) >= 11 is 0. The molecule has 7 nitrogen and oxygen atoms in total. The van der Waals surface area contributed by atoms with Crippen molar-refractivity contribution >= 4 is 5.91 Å². The average Bonchev–Trinajstić information content (AvgIpc) is 3.30. The van der Waals surface area contributed by atoms with E-state index >= 15 is 0 Å². The number of pyridine rings is 1. The Hall–Kier alpha value is -2.93. The van der Waals surface area contributed by atoms with Crippen LogP contribution in [0, 0.1) is 0 Å². The summed E-state index contributed by atoms with van der Waals surface area (Å²) < 4.78 is 93.8. The molecule has 4 rings (SSSR count). The van der Waals surface area contributed by atoms with Crippen molar-refractivity contribution < 1.29 is 35.5 Å². The SMILES string of the molecule is O=C([C@H]1CC[C@@H](C(F)(F)F)c2nn(Cc3ccc(C(F)(F)F)nc3)c(=O)n21)N1CC[C@H](F)C1. The number of rotatable bonds is 3. The first-order chi connectivity index (χ1) is 15.4. The zero-order chi connectivity index (χ0) is 24.1. The summed E-state index contributed by atoms with van der Waals surface area (Å²) in [7, 11) is 0. The van der Waals surface area contributed by atoms with Gasteiger partial charge in [0.1, 0.15) is 29.6 Å². The van der Waals surface area contributed by atoms with Gasteiger partial charge >= 0.3 is 18.0 Å². The van der Waals surface area contributed by atoms with Crippen molar-refractivity contribution in [1.29, 1.82) is 0 Å². The Labute approximate surface area is 181 Å². The average molecular weight is 481 g/mol. The molecule has 4 heterocycles. The highest BCUT2D eigenvalue weighted by Crippen LogP contribution is 2.43. The van der Waals surface area contributed by atoms with E-state index in [1.54, 1.807) is 0 Å². The maximum Gasteiger partial charge on any atom is 0.433 e. The fraction of sp³-hybridized carbons (Fsp3) is 0.579. The molecular formula is C19H18F7N5O2. The molecule has 0 bridgehead atoms. The molecule has 14 heteroatoms. The number of likely N-dealkylation sites (tertiary alicyclic amines) is 1. The second kappa shape index (κ2) is 8.13. The molecule has 2 aliphatic heterocycles. The van der Waals surface area contributed by atoms with Gasteiger partial charge in [-0.1, -0.05) is 6.07 Å². The van der Waals surface area contributed by atoms with E-state index in [9.17, 15) is 40.3 Å². The third-order valence-corrected chi connectivity index (χ3v) is 5.82. The third kappa shape index (κ3) is 4.47. The molecule has 0 aliphatic carbocycles. The number of fused-ring (bicyclic) bond motifs is 1. The molecule has 3 atom stereocenters. The minimum Gasteiger partial charge on any atom is -0.338 e. The largest absolute Gasteiger partial charge is 0.433 e. The van der Waals surface area contributed by atoms with Gasteiger partial charge in [0.05, 0.1) is 13.1 Å². The molecular weight excluding hydrogens is 463 g/mol. The van der Waals surface area contributed by atoms with E-state index in [-0.39, 0.29) is 31.5 Å². The predicted octanol–water partition coefficient (Wildman–Crippen LogP) is 3.06. The number of halogens is 7. The summed E-state index contributed by atoms with van der Waals surface area (Å²) in [5, 5.41) is 3.79. The molecule has 0 saturated carbocycles. The van der Waals surface area contributed by atoms with Crippen molar-refractivity contribution in [3.8, 4) is 0 Å². The van der Waals surface area contributed by atoms with Crippen molar-refractivity contribution in [2.45, 2.75) is 56.3 Å². The lowest BCUT2D eigenvalue weighted by Gasteiger charge is -2.31.